The summed E-state index contributed by atoms with van der Waals surface area (Å²) in [6.45, 7) is 3.45. The first-order valence-corrected chi connectivity index (χ1v) is 4.70. The number of methoxy groups -OCH3 is 1. The Morgan fingerprint density at radius 2 is 2.46 bits per heavy atom. The molecule has 74 valence electrons. The second-order valence-electron chi connectivity index (χ2n) is 2.87. The highest BCUT2D eigenvalue weighted by Crippen LogP contribution is 2.15. The summed E-state index contributed by atoms with van der Waals surface area (Å²) in [4.78, 5) is 0. The molecule has 0 N–H and O–H groups in total. The summed E-state index contributed by atoms with van der Waals surface area (Å²) >= 11 is 5.84. The molecule has 0 spiro atoms. The highest BCUT2D eigenvalue weighted by atomic mass is 35.5. The predicted molar refractivity (Wildman–Crippen MR) is 50.8 cm³/mol. The number of alkyl halides is 1. The van der Waals surface area contributed by atoms with Crippen LogP contribution in [-0.4, -0.2) is 28.7 Å². The molecule has 1 aromatic heterocycles. The van der Waals surface area contributed by atoms with E-state index in [9.17, 15) is 0 Å². The first-order valence-electron chi connectivity index (χ1n) is 4.27. The number of halogens is 1. The Balaban J connectivity index is 2.40. The van der Waals surface area contributed by atoms with Crippen molar-refractivity contribution < 1.29 is 4.74 Å². The first-order chi connectivity index (χ1) is 6.24. The van der Waals surface area contributed by atoms with E-state index in [-0.39, 0.29) is 5.38 Å². The number of ether oxygens (including phenoxy) is 1. The average Bonchev–Trinajstić information content (AvgIpc) is 2.53. The molecule has 0 fully saturated rings. The van der Waals surface area contributed by atoms with Crippen molar-refractivity contribution in [3.05, 3.63) is 11.9 Å². The summed E-state index contributed by atoms with van der Waals surface area (Å²) in [5.41, 5.74) is 0.819. The fraction of sp³-hybridized carbons (Fsp3) is 0.750. The maximum Gasteiger partial charge on any atom is 0.100 e. The van der Waals surface area contributed by atoms with Gasteiger partial charge in [-0.2, -0.15) is 0 Å². The summed E-state index contributed by atoms with van der Waals surface area (Å²) in [6, 6.07) is 0. The van der Waals surface area contributed by atoms with Crippen LogP contribution in [0, 0.1) is 0 Å². The van der Waals surface area contributed by atoms with Crippen LogP contribution in [0.25, 0.3) is 0 Å². The largest absolute Gasteiger partial charge is 0.385 e. The van der Waals surface area contributed by atoms with Gasteiger partial charge in [-0.05, 0) is 13.3 Å². The summed E-state index contributed by atoms with van der Waals surface area (Å²) < 4.78 is 6.72. The van der Waals surface area contributed by atoms with Gasteiger partial charge in [0.05, 0.1) is 5.38 Å². The van der Waals surface area contributed by atoms with E-state index < -0.39 is 0 Å². The maximum absolute atomic E-state index is 5.84. The monoisotopic (exact) mass is 203 g/mol. The number of rotatable bonds is 5. The van der Waals surface area contributed by atoms with Gasteiger partial charge in [0.1, 0.15) is 5.69 Å². The number of aryl methyl sites for hydroxylation is 1. The lowest BCUT2D eigenvalue weighted by Crippen LogP contribution is -2.01. The highest BCUT2D eigenvalue weighted by molar-refractivity contribution is 6.20. The minimum absolute atomic E-state index is 0.0730. The quantitative estimate of drug-likeness (QED) is 0.539. The lowest BCUT2D eigenvalue weighted by Gasteiger charge is -1.98. The van der Waals surface area contributed by atoms with E-state index in [2.05, 4.69) is 10.3 Å². The van der Waals surface area contributed by atoms with Gasteiger partial charge < -0.3 is 4.74 Å². The Kier molecular flexibility index (Phi) is 4.18. The molecule has 13 heavy (non-hydrogen) atoms. The zero-order chi connectivity index (χ0) is 9.68. The van der Waals surface area contributed by atoms with Crippen LogP contribution in [0.5, 0.6) is 0 Å². The SMILES string of the molecule is COCCCn1cc(C(C)Cl)nn1. The average molecular weight is 204 g/mol. The third-order valence-corrected chi connectivity index (χ3v) is 1.92. The molecular weight excluding hydrogens is 190 g/mol. The lowest BCUT2D eigenvalue weighted by molar-refractivity contribution is 0.188. The van der Waals surface area contributed by atoms with Gasteiger partial charge in [0.15, 0.2) is 0 Å². The Morgan fingerprint density at radius 1 is 1.69 bits per heavy atom. The van der Waals surface area contributed by atoms with Gasteiger partial charge in [-0.25, -0.2) is 0 Å². The summed E-state index contributed by atoms with van der Waals surface area (Å²) in [7, 11) is 1.69. The van der Waals surface area contributed by atoms with Gasteiger partial charge >= 0.3 is 0 Å². The van der Waals surface area contributed by atoms with Crippen LogP contribution in [0.1, 0.15) is 24.4 Å². The highest BCUT2D eigenvalue weighted by Gasteiger charge is 2.05. The fourth-order valence-electron chi connectivity index (χ4n) is 0.976. The van der Waals surface area contributed by atoms with Crippen molar-refractivity contribution in [2.24, 2.45) is 0 Å². The van der Waals surface area contributed by atoms with Gasteiger partial charge in [-0.15, -0.1) is 16.7 Å². The van der Waals surface area contributed by atoms with Crippen LogP contribution in [0.4, 0.5) is 0 Å². The molecule has 5 heteroatoms. The lowest BCUT2D eigenvalue weighted by atomic mass is 10.4. The van der Waals surface area contributed by atoms with E-state index in [0.29, 0.717) is 0 Å². The number of hydrogen-bond donors (Lipinski definition) is 0. The Bertz CT molecular complexity index is 249. The van der Waals surface area contributed by atoms with Crippen molar-refractivity contribution in [3.63, 3.8) is 0 Å². The molecule has 1 rings (SSSR count). The fourth-order valence-corrected chi connectivity index (χ4v) is 1.08. The molecular formula is C8H14ClN3O. The van der Waals surface area contributed by atoms with Crippen molar-refractivity contribution in [1.29, 1.82) is 0 Å². The molecule has 1 atom stereocenters. The molecule has 0 saturated carbocycles. The molecule has 0 aliphatic rings. The van der Waals surface area contributed by atoms with Crippen LogP contribution >= 0.6 is 11.6 Å². The Labute approximate surface area is 82.8 Å². The van der Waals surface area contributed by atoms with E-state index in [1.165, 1.54) is 0 Å². The van der Waals surface area contributed by atoms with Crippen molar-refractivity contribution in [3.8, 4) is 0 Å². The zero-order valence-electron chi connectivity index (χ0n) is 7.90. The predicted octanol–water partition coefficient (Wildman–Crippen LogP) is 1.61. The van der Waals surface area contributed by atoms with E-state index in [1.807, 2.05) is 13.1 Å². The van der Waals surface area contributed by atoms with E-state index in [1.54, 1.807) is 11.8 Å². The molecule has 0 aliphatic heterocycles. The van der Waals surface area contributed by atoms with Gasteiger partial charge in [-0.3, -0.25) is 4.68 Å². The van der Waals surface area contributed by atoms with Crippen LogP contribution in [0.3, 0.4) is 0 Å². The molecule has 0 aliphatic carbocycles. The van der Waals surface area contributed by atoms with E-state index in [4.69, 9.17) is 16.3 Å². The van der Waals surface area contributed by atoms with E-state index >= 15 is 0 Å². The van der Waals surface area contributed by atoms with Crippen LogP contribution in [0.15, 0.2) is 6.20 Å². The number of nitrogens with zero attached hydrogens (tertiary/aromatic N) is 3. The second-order valence-corrected chi connectivity index (χ2v) is 3.52. The number of hydrogen-bond acceptors (Lipinski definition) is 3. The Morgan fingerprint density at radius 3 is 3.00 bits per heavy atom. The van der Waals surface area contributed by atoms with Crippen LogP contribution < -0.4 is 0 Å². The molecule has 0 amide bonds. The smallest absolute Gasteiger partial charge is 0.100 e. The summed E-state index contributed by atoms with van der Waals surface area (Å²) in [5, 5.41) is 7.80. The molecule has 0 bridgehead atoms. The maximum atomic E-state index is 5.84. The number of aromatic nitrogens is 3. The van der Waals surface area contributed by atoms with Gasteiger partial charge in [0.25, 0.3) is 0 Å². The van der Waals surface area contributed by atoms with Gasteiger partial charge in [0.2, 0.25) is 0 Å². The van der Waals surface area contributed by atoms with E-state index in [0.717, 1.165) is 25.3 Å². The van der Waals surface area contributed by atoms with Crippen LogP contribution in [-0.2, 0) is 11.3 Å². The topological polar surface area (TPSA) is 39.9 Å². The minimum atomic E-state index is -0.0730. The first kappa shape index (κ1) is 10.5. The molecule has 0 saturated heterocycles. The second kappa shape index (κ2) is 5.19. The molecule has 0 radical (unpaired) electrons. The van der Waals surface area contributed by atoms with Gasteiger partial charge in [-0.1, -0.05) is 5.21 Å². The van der Waals surface area contributed by atoms with Crippen molar-refractivity contribution in [2.75, 3.05) is 13.7 Å². The molecule has 1 unspecified atom stereocenters. The molecule has 0 aromatic carbocycles. The molecule has 1 heterocycles. The van der Waals surface area contributed by atoms with Crippen molar-refractivity contribution >= 4 is 11.6 Å². The third-order valence-electron chi connectivity index (χ3n) is 1.70. The standard InChI is InChI=1S/C8H14ClN3O/c1-7(9)8-6-12(11-10-8)4-3-5-13-2/h6-7H,3-5H2,1-2H3. The van der Waals surface area contributed by atoms with Crippen molar-refractivity contribution in [1.82, 2.24) is 15.0 Å². The summed E-state index contributed by atoms with van der Waals surface area (Å²) in [6.07, 6.45) is 2.81. The van der Waals surface area contributed by atoms with Crippen molar-refractivity contribution in [2.45, 2.75) is 25.3 Å². The van der Waals surface area contributed by atoms with Crippen LogP contribution in [0.2, 0.25) is 0 Å². The van der Waals surface area contributed by atoms with Gasteiger partial charge in [0, 0.05) is 26.5 Å². The summed E-state index contributed by atoms with van der Waals surface area (Å²) in [5.74, 6) is 0. The third kappa shape index (κ3) is 3.32. The zero-order valence-corrected chi connectivity index (χ0v) is 8.66. The Hall–Kier alpha value is -0.610. The normalized spacial score (nSPS) is 13.2. The molecule has 4 nitrogen and oxygen atoms in total. The minimum Gasteiger partial charge on any atom is -0.385 e. The molecule has 1 aromatic rings.